The van der Waals surface area contributed by atoms with Crippen LogP contribution in [0.25, 0.3) is 16.7 Å². The topological polar surface area (TPSA) is 91.9 Å². The molecular formula is C29H24N2O5. The van der Waals surface area contributed by atoms with Crippen LogP contribution in [0.15, 0.2) is 66.2 Å². The number of aryl methyl sites for hydroxylation is 3. The number of aromatic amines is 1. The van der Waals surface area contributed by atoms with Crippen LogP contribution in [0, 0.1) is 20.8 Å². The van der Waals surface area contributed by atoms with E-state index in [1.54, 1.807) is 18.2 Å². The minimum atomic E-state index is -0.825. The highest BCUT2D eigenvalue weighted by Crippen LogP contribution is 2.46. The number of aromatic nitrogens is 1. The smallest absolute Gasteiger partial charge is 0.300 e. The summed E-state index contributed by atoms with van der Waals surface area (Å²) in [6.45, 7) is 5.96. The average Bonchev–Trinajstić information content (AvgIpc) is 3.54. The monoisotopic (exact) mass is 480 g/mol. The molecule has 0 radical (unpaired) electrons. The number of nitrogens with one attached hydrogen (secondary N) is 1. The summed E-state index contributed by atoms with van der Waals surface area (Å²) in [5, 5.41) is 12.4. The molecule has 1 amide bonds. The molecule has 0 spiro atoms. The Labute approximate surface area is 207 Å². The number of aliphatic hydroxyl groups excluding tert-OH is 1. The zero-order chi connectivity index (χ0) is 25.1. The standard InChI is InChI=1S/C29H24N2O5/c1-15-8-10-19(12-16(15)2)31-26(24-17(3)30-21-7-5-4-6-20(21)24)25(28(33)29(31)34)27(32)18-9-11-22-23(13-18)36-14-35-22/h4-13,26,30,32H,14H2,1-3H3/b27-25+. The van der Waals surface area contributed by atoms with Gasteiger partial charge in [-0.3, -0.25) is 14.5 Å². The molecule has 3 heterocycles. The van der Waals surface area contributed by atoms with E-state index in [4.69, 9.17) is 9.47 Å². The highest BCUT2D eigenvalue weighted by molar-refractivity contribution is 6.52. The molecule has 2 N–H and O–H groups in total. The van der Waals surface area contributed by atoms with Gasteiger partial charge in [0, 0.05) is 33.4 Å². The quantitative estimate of drug-likeness (QED) is 0.231. The van der Waals surface area contributed by atoms with E-state index in [1.165, 1.54) is 4.90 Å². The molecule has 180 valence electrons. The van der Waals surface area contributed by atoms with Crippen molar-refractivity contribution in [1.82, 2.24) is 4.98 Å². The first-order valence-corrected chi connectivity index (χ1v) is 11.7. The molecule has 0 bridgehead atoms. The number of benzene rings is 3. The normalized spacial score (nSPS) is 18.4. The molecule has 1 fully saturated rings. The number of rotatable bonds is 3. The van der Waals surface area contributed by atoms with Gasteiger partial charge in [0.25, 0.3) is 11.7 Å². The maximum absolute atomic E-state index is 13.6. The predicted molar refractivity (Wildman–Crippen MR) is 136 cm³/mol. The number of ether oxygens (including phenoxy) is 2. The Bertz CT molecular complexity index is 1610. The number of para-hydroxylation sites is 1. The Hall–Kier alpha value is -4.52. The molecule has 1 saturated heterocycles. The minimum Gasteiger partial charge on any atom is -0.507 e. The van der Waals surface area contributed by atoms with Crippen LogP contribution in [0.1, 0.15) is 34.0 Å². The fourth-order valence-electron chi connectivity index (χ4n) is 5.10. The Balaban J connectivity index is 1.62. The molecule has 2 aliphatic heterocycles. The molecular weight excluding hydrogens is 456 g/mol. The van der Waals surface area contributed by atoms with Crippen LogP contribution in [0.4, 0.5) is 5.69 Å². The zero-order valence-electron chi connectivity index (χ0n) is 20.1. The third kappa shape index (κ3) is 3.20. The lowest BCUT2D eigenvalue weighted by Gasteiger charge is -2.26. The van der Waals surface area contributed by atoms with Crippen molar-refractivity contribution < 1.29 is 24.2 Å². The zero-order valence-corrected chi connectivity index (χ0v) is 20.1. The van der Waals surface area contributed by atoms with Crippen LogP contribution in [-0.4, -0.2) is 28.6 Å². The second-order valence-corrected chi connectivity index (χ2v) is 9.21. The number of fused-ring (bicyclic) bond motifs is 2. The molecule has 6 rings (SSSR count). The summed E-state index contributed by atoms with van der Waals surface area (Å²) in [6.07, 6.45) is 0. The molecule has 1 aromatic heterocycles. The number of anilines is 1. The molecule has 2 aliphatic rings. The maximum Gasteiger partial charge on any atom is 0.300 e. The van der Waals surface area contributed by atoms with Gasteiger partial charge in [-0.25, -0.2) is 0 Å². The molecule has 7 heteroatoms. The van der Waals surface area contributed by atoms with Crippen molar-refractivity contribution >= 4 is 34.0 Å². The summed E-state index contributed by atoms with van der Waals surface area (Å²) in [6, 6.07) is 17.6. The van der Waals surface area contributed by atoms with Gasteiger partial charge in [0.05, 0.1) is 11.6 Å². The minimum absolute atomic E-state index is 0.0324. The number of aliphatic hydroxyl groups is 1. The van der Waals surface area contributed by atoms with Gasteiger partial charge >= 0.3 is 0 Å². The number of hydrogen-bond donors (Lipinski definition) is 2. The Morgan fingerprint density at radius 2 is 1.72 bits per heavy atom. The number of H-pyrrole nitrogens is 1. The molecule has 36 heavy (non-hydrogen) atoms. The number of carbonyl (C=O) groups excluding carboxylic acids is 2. The van der Waals surface area contributed by atoms with E-state index in [0.717, 1.165) is 33.3 Å². The SMILES string of the molecule is Cc1ccc(N2C(=O)C(=O)/C(=C(/O)c3ccc4c(c3)OCO4)C2c2c(C)[nH]c3ccccc23)cc1C. The van der Waals surface area contributed by atoms with E-state index in [9.17, 15) is 14.7 Å². The highest BCUT2D eigenvalue weighted by atomic mass is 16.7. The lowest BCUT2D eigenvalue weighted by molar-refractivity contribution is -0.132. The van der Waals surface area contributed by atoms with Crippen LogP contribution in [0.3, 0.4) is 0 Å². The van der Waals surface area contributed by atoms with E-state index < -0.39 is 17.7 Å². The second-order valence-electron chi connectivity index (χ2n) is 9.21. The summed E-state index contributed by atoms with van der Waals surface area (Å²) >= 11 is 0. The summed E-state index contributed by atoms with van der Waals surface area (Å²) in [5.74, 6) is -0.644. The summed E-state index contributed by atoms with van der Waals surface area (Å²) in [7, 11) is 0. The van der Waals surface area contributed by atoms with E-state index in [1.807, 2.05) is 63.2 Å². The van der Waals surface area contributed by atoms with Crippen LogP contribution >= 0.6 is 0 Å². The first-order valence-electron chi connectivity index (χ1n) is 11.7. The van der Waals surface area contributed by atoms with Gasteiger partial charge in [0.2, 0.25) is 6.79 Å². The number of nitrogens with zero attached hydrogens (tertiary/aromatic N) is 1. The van der Waals surface area contributed by atoms with E-state index in [2.05, 4.69) is 4.98 Å². The van der Waals surface area contributed by atoms with Gasteiger partial charge in [-0.2, -0.15) is 0 Å². The number of amides is 1. The van der Waals surface area contributed by atoms with Gasteiger partial charge in [-0.05, 0) is 68.3 Å². The van der Waals surface area contributed by atoms with Gasteiger partial charge in [0.1, 0.15) is 5.76 Å². The molecule has 7 nitrogen and oxygen atoms in total. The van der Waals surface area contributed by atoms with Gasteiger partial charge in [-0.1, -0.05) is 24.3 Å². The fraction of sp³-hybridized carbons (Fsp3) is 0.172. The average molecular weight is 481 g/mol. The van der Waals surface area contributed by atoms with Crippen LogP contribution < -0.4 is 14.4 Å². The van der Waals surface area contributed by atoms with Crippen molar-refractivity contribution in [2.75, 3.05) is 11.7 Å². The molecule has 3 aromatic carbocycles. The molecule has 4 aromatic rings. The molecule has 0 aliphatic carbocycles. The maximum atomic E-state index is 13.6. The van der Waals surface area contributed by atoms with Crippen LogP contribution in [-0.2, 0) is 9.59 Å². The van der Waals surface area contributed by atoms with Crippen molar-refractivity contribution in [3.63, 3.8) is 0 Å². The van der Waals surface area contributed by atoms with Crippen molar-refractivity contribution in [1.29, 1.82) is 0 Å². The number of Topliss-reactive ketones (excluding diaryl/α,β-unsaturated/α-hetero) is 1. The first-order chi connectivity index (χ1) is 17.3. The Kier molecular flexibility index (Phi) is 4.89. The van der Waals surface area contributed by atoms with Gasteiger partial charge < -0.3 is 19.6 Å². The fourth-order valence-corrected chi connectivity index (χ4v) is 5.10. The number of carbonyl (C=O) groups is 2. The summed E-state index contributed by atoms with van der Waals surface area (Å²) in [4.78, 5) is 32.0. The van der Waals surface area contributed by atoms with Gasteiger partial charge in [0.15, 0.2) is 11.5 Å². The van der Waals surface area contributed by atoms with Crippen molar-refractivity contribution in [3.8, 4) is 11.5 Å². The van der Waals surface area contributed by atoms with Crippen molar-refractivity contribution in [3.05, 3.63) is 94.2 Å². The molecule has 1 atom stereocenters. The Morgan fingerprint density at radius 1 is 0.944 bits per heavy atom. The summed E-state index contributed by atoms with van der Waals surface area (Å²) < 4.78 is 10.9. The largest absolute Gasteiger partial charge is 0.507 e. The van der Waals surface area contributed by atoms with E-state index >= 15 is 0 Å². The lowest BCUT2D eigenvalue weighted by atomic mass is 9.93. The van der Waals surface area contributed by atoms with Crippen LogP contribution in [0.5, 0.6) is 11.5 Å². The van der Waals surface area contributed by atoms with Crippen molar-refractivity contribution in [2.24, 2.45) is 0 Å². The lowest BCUT2D eigenvalue weighted by Crippen LogP contribution is -2.29. The molecule has 1 unspecified atom stereocenters. The predicted octanol–water partition coefficient (Wildman–Crippen LogP) is 5.45. The van der Waals surface area contributed by atoms with Gasteiger partial charge in [-0.15, -0.1) is 0 Å². The van der Waals surface area contributed by atoms with E-state index in [0.29, 0.717) is 22.7 Å². The number of ketones is 1. The highest BCUT2D eigenvalue weighted by Gasteiger charge is 2.48. The van der Waals surface area contributed by atoms with Crippen molar-refractivity contribution in [2.45, 2.75) is 26.8 Å². The third-order valence-corrected chi connectivity index (χ3v) is 7.08. The Morgan fingerprint density at radius 3 is 2.53 bits per heavy atom. The van der Waals surface area contributed by atoms with E-state index in [-0.39, 0.29) is 18.1 Å². The summed E-state index contributed by atoms with van der Waals surface area (Å²) in [5.41, 5.74) is 5.55. The third-order valence-electron chi connectivity index (χ3n) is 7.08. The van der Waals surface area contributed by atoms with Crippen LogP contribution in [0.2, 0.25) is 0 Å². The molecule has 0 saturated carbocycles. The number of hydrogen-bond acceptors (Lipinski definition) is 5. The second kappa shape index (κ2) is 8.02. The first kappa shape index (κ1) is 22.0.